The lowest BCUT2D eigenvalue weighted by Gasteiger charge is -2.26. The van der Waals surface area contributed by atoms with E-state index in [1.165, 1.54) is 99.5 Å². The summed E-state index contributed by atoms with van der Waals surface area (Å²) < 4.78 is 0. The van der Waals surface area contributed by atoms with Crippen molar-refractivity contribution in [2.45, 2.75) is 33.1 Å². The minimum atomic E-state index is 0.915. The Balaban J connectivity index is 1.56. The third-order valence-corrected chi connectivity index (χ3v) is 11.0. The number of allylic oxidation sites excluding steroid dienone is 4. The highest BCUT2D eigenvalue weighted by molar-refractivity contribution is 6.09. The van der Waals surface area contributed by atoms with Crippen LogP contribution in [0.5, 0.6) is 0 Å². The number of rotatable bonds is 8. The maximum Gasteiger partial charge on any atom is -0.000754 e. The highest BCUT2D eigenvalue weighted by atomic mass is 14.3. The summed E-state index contributed by atoms with van der Waals surface area (Å²) in [6.07, 6.45) is 12.2. The van der Waals surface area contributed by atoms with Gasteiger partial charge in [0.05, 0.1) is 0 Å². The zero-order chi connectivity index (χ0) is 35.7. The molecule has 0 heterocycles. The first kappa shape index (κ1) is 32.7. The number of hydrogen-bond donors (Lipinski definition) is 0. The molecule has 2 aliphatic carbocycles. The molecule has 0 heteroatoms. The van der Waals surface area contributed by atoms with E-state index in [0.717, 1.165) is 19.3 Å². The summed E-state index contributed by atoms with van der Waals surface area (Å²) in [5.41, 5.74) is 21.1. The summed E-state index contributed by atoms with van der Waals surface area (Å²) in [4.78, 5) is 0. The van der Waals surface area contributed by atoms with E-state index in [2.05, 4.69) is 196 Å². The molecule has 9 rings (SSSR count). The van der Waals surface area contributed by atoms with Crippen molar-refractivity contribution in [3.05, 3.63) is 220 Å². The maximum atomic E-state index is 2.53. The minimum Gasteiger partial charge on any atom is -0.0801 e. The second-order valence-electron chi connectivity index (χ2n) is 14.0. The Hall–Kier alpha value is -6.24. The van der Waals surface area contributed by atoms with Gasteiger partial charge >= 0.3 is 0 Å². The molecule has 0 aromatic heterocycles. The van der Waals surface area contributed by atoms with Gasteiger partial charge in [0.25, 0.3) is 0 Å². The molecule has 0 saturated carbocycles. The minimum absolute atomic E-state index is 0.915. The summed E-state index contributed by atoms with van der Waals surface area (Å²) in [5, 5.41) is 2.62. The summed E-state index contributed by atoms with van der Waals surface area (Å²) in [6.45, 7) is 4.65. The molecule has 0 saturated heterocycles. The van der Waals surface area contributed by atoms with Crippen LogP contribution in [0.4, 0.5) is 0 Å². The van der Waals surface area contributed by atoms with Crippen molar-refractivity contribution in [3.63, 3.8) is 0 Å². The van der Waals surface area contributed by atoms with Crippen molar-refractivity contribution >= 4 is 17.2 Å². The summed E-state index contributed by atoms with van der Waals surface area (Å²) in [7, 11) is 0. The molecule has 0 atom stereocenters. The van der Waals surface area contributed by atoms with E-state index in [0.29, 0.717) is 0 Å². The topological polar surface area (TPSA) is 0 Å². The van der Waals surface area contributed by atoms with Crippen LogP contribution >= 0.6 is 0 Å². The van der Waals surface area contributed by atoms with Gasteiger partial charge in [0.15, 0.2) is 0 Å². The van der Waals surface area contributed by atoms with Crippen molar-refractivity contribution in [1.82, 2.24) is 0 Å². The molecule has 0 N–H and O–H groups in total. The van der Waals surface area contributed by atoms with Crippen molar-refractivity contribution < 1.29 is 0 Å². The highest BCUT2D eigenvalue weighted by Crippen LogP contribution is 2.51. The van der Waals surface area contributed by atoms with Crippen molar-refractivity contribution in [1.29, 1.82) is 0 Å². The SMILES string of the molecule is CCc1c(C2=CC=CC2)c2c(c(-c3ccccc3)c1-c1ccccc1)-c1c(-c3ccccc3)c(=C(c3ccccc3)c3ccccc3)c(CC)cc1=C2. The van der Waals surface area contributed by atoms with Gasteiger partial charge in [-0.1, -0.05) is 190 Å². The number of benzene rings is 7. The Morgan fingerprint density at radius 1 is 0.491 bits per heavy atom. The zero-order valence-electron chi connectivity index (χ0n) is 30.4. The Bertz CT molecular complexity index is 2600. The maximum absolute atomic E-state index is 2.53. The van der Waals surface area contributed by atoms with Gasteiger partial charge in [-0.25, -0.2) is 0 Å². The van der Waals surface area contributed by atoms with Gasteiger partial charge in [-0.15, -0.1) is 0 Å². The Morgan fingerprint density at radius 2 is 1.00 bits per heavy atom. The average molecular weight is 679 g/mol. The molecule has 0 unspecified atom stereocenters. The third-order valence-electron chi connectivity index (χ3n) is 11.0. The second kappa shape index (κ2) is 14.1. The first-order valence-corrected chi connectivity index (χ1v) is 19.0. The molecule has 0 aliphatic heterocycles. The quantitative estimate of drug-likeness (QED) is 0.150. The molecule has 0 radical (unpaired) electrons. The van der Waals surface area contributed by atoms with Gasteiger partial charge in [-0.05, 0) is 125 Å². The van der Waals surface area contributed by atoms with Crippen LogP contribution < -0.4 is 10.4 Å². The molecule has 0 nitrogen and oxygen atoms in total. The van der Waals surface area contributed by atoms with Crippen molar-refractivity contribution in [2.75, 3.05) is 0 Å². The molecule has 254 valence electrons. The van der Waals surface area contributed by atoms with Gasteiger partial charge in [0, 0.05) is 0 Å². The lowest BCUT2D eigenvalue weighted by Crippen LogP contribution is -2.23. The molecule has 2 aliphatic rings. The number of aryl methyl sites for hydroxylation is 1. The van der Waals surface area contributed by atoms with E-state index in [-0.39, 0.29) is 0 Å². The standard InChI is InChI=1S/C53H42/c1-3-36-34-43-35-45-47(39-32-20-21-33-39)44(4-2)48(40-26-14-7-15-27-40)50(41-28-16-8-17-29-41)53(45)52(43)51(42-30-18-9-19-31-42)49(36)46(37-22-10-5-11-23-37)38-24-12-6-13-25-38/h5-32,34-35H,3-4,33H2,1-2H3. The van der Waals surface area contributed by atoms with Crippen LogP contribution in [0, 0.1) is 0 Å². The molecule has 53 heavy (non-hydrogen) atoms. The normalized spacial score (nSPS) is 12.6. The van der Waals surface area contributed by atoms with E-state index < -0.39 is 0 Å². The average Bonchev–Trinajstić information content (AvgIpc) is 3.90. The highest BCUT2D eigenvalue weighted by Gasteiger charge is 2.32. The predicted molar refractivity (Wildman–Crippen MR) is 226 cm³/mol. The van der Waals surface area contributed by atoms with Crippen molar-refractivity contribution in [2.24, 2.45) is 0 Å². The van der Waals surface area contributed by atoms with Crippen LogP contribution in [-0.4, -0.2) is 0 Å². The molecule has 7 aromatic carbocycles. The fraction of sp³-hybridized carbons (Fsp3) is 0.0943. The van der Waals surface area contributed by atoms with Gasteiger partial charge in [-0.2, -0.15) is 0 Å². The lowest BCUT2D eigenvalue weighted by molar-refractivity contribution is 1.11. The molecular weight excluding hydrogens is 637 g/mol. The van der Waals surface area contributed by atoms with E-state index >= 15 is 0 Å². The Kier molecular flexibility index (Phi) is 8.66. The van der Waals surface area contributed by atoms with Crippen LogP contribution in [-0.2, 0) is 12.8 Å². The molecule has 0 spiro atoms. The van der Waals surface area contributed by atoms with Crippen LogP contribution in [0.1, 0.15) is 53.6 Å². The fourth-order valence-electron chi connectivity index (χ4n) is 8.82. The molecule has 0 fully saturated rings. The van der Waals surface area contributed by atoms with Gasteiger partial charge < -0.3 is 0 Å². The van der Waals surface area contributed by atoms with E-state index in [9.17, 15) is 0 Å². The monoisotopic (exact) mass is 678 g/mol. The predicted octanol–water partition coefficient (Wildman–Crippen LogP) is 12.2. The molecule has 0 bridgehead atoms. The fourth-order valence-corrected chi connectivity index (χ4v) is 8.82. The molecule has 7 aromatic rings. The zero-order valence-corrected chi connectivity index (χ0v) is 30.4. The summed E-state index contributed by atoms with van der Waals surface area (Å²) in [6, 6.07) is 58.0. The van der Waals surface area contributed by atoms with E-state index in [4.69, 9.17) is 0 Å². The first-order chi connectivity index (χ1) is 26.3. The third kappa shape index (κ3) is 5.63. The van der Waals surface area contributed by atoms with Gasteiger partial charge in [0.2, 0.25) is 0 Å². The van der Waals surface area contributed by atoms with Gasteiger partial charge in [0.1, 0.15) is 0 Å². The van der Waals surface area contributed by atoms with Crippen LogP contribution in [0.2, 0.25) is 0 Å². The molecule has 0 amide bonds. The number of hydrogen-bond acceptors (Lipinski definition) is 0. The van der Waals surface area contributed by atoms with Crippen LogP contribution in [0.3, 0.4) is 0 Å². The first-order valence-electron chi connectivity index (χ1n) is 19.0. The Morgan fingerprint density at radius 3 is 1.49 bits per heavy atom. The van der Waals surface area contributed by atoms with Crippen LogP contribution in [0.25, 0.3) is 61.7 Å². The lowest BCUT2D eigenvalue weighted by atomic mass is 9.76. The summed E-state index contributed by atoms with van der Waals surface area (Å²) >= 11 is 0. The molecular formula is C53H42. The number of fused-ring (bicyclic) bond motifs is 3. The second-order valence-corrected chi connectivity index (χ2v) is 14.0. The van der Waals surface area contributed by atoms with Crippen LogP contribution in [0.15, 0.2) is 176 Å². The Labute approximate surface area is 313 Å². The van der Waals surface area contributed by atoms with E-state index in [1.807, 2.05) is 0 Å². The van der Waals surface area contributed by atoms with E-state index in [1.54, 1.807) is 0 Å². The van der Waals surface area contributed by atoms with Gasteiger partial charge in [-0.3, -0.25) is 0 Å². The smallest absolute Gasteiger partial charge is 0.000754 e. The largest absolute Gasteiger partial charge is 0.0801 e. The van der Waals surface area contributed by atoms with Crippen molar-refractivity contribution in [3.8, 4) is 44.5 Å². The summed E-state index contributed by atoms with van der Waals surface area (Å²) in [5.74, 6) is 0.